The molecule has 0 saturated carbocycles. The molecule has 0 saturated heterocycles. The molecule has 1 unspecified atom stereocenters. The van der Waals surface area contributed by atoms with E-state index in [0.29, 0.717) is 18.5 Å². The molecule has 1 rings (SSSR count). The van der Waals surface area contributed by atoms with Gasteiger partial charge in [0.25, 0.3) is 0 Å². The zero-order valence-electron chi connectivity index (χ0n) is 11.6. The highest BCUT2D eigenvalue weighted by Crippen LogP contribution is 2.11. The van der Waals surface area contributed by atoms with Gasteiger partial charge in [-0.3, -0.25) is 4.79 Å². The van der Waals surface area contributed by atoms with Gasteiger partial charge in [-0.15, -0.1) is 0 Å². The average Bonchev–Trinajstić information content (AvgIpc) is 2.40. The van der Waals surface area contributed by atoms with Crippen LogP contribution in [-0.2, 0) is 11.2 Å². The highest BCUT2D eigenvalue weighted by Gasteiger charge is 2.18. The zero-order valence-corrected chi connectivity index (χ0v) is 11.6. The Labute approximate surface area is 118 Å². The van der Waals surface area contributed by atoms with Crippen molar-refractivity contribution in [3.8, 4) is 0 Å². The van der Waals surface area contributed by atoms with Crippen molar-refractivity contribution in [2.75, 3.05) is 11.9 Å². The highest BCUT2D eigenvalue weighted by atomic mass is 16.3. The molecule has 6 heteroatoms. The Hall–Kier alpha value is -2.08. The minimum Gasteiger partial charge on any atom is -0.396 e. The van der Waals surface area contributed by atoms with Crippen LogP contribution >= 0.6 is 0 Å². The first-order chi connectivity index (χ1) is 9.56. The van der Waals surface area contributed by atoms with Crippen LogP contribution in [0.15, 0.2) is 24.3 Å². The third-order valence-corrected chi connectivity index (χ3v) is 2.83. The molecule has 0 spiro atoms. The van der Waals surface area contributed by atoms with Gasteiger partial charge >= 0.3 is 6.03 Å². The molecule has 0 aliphatic heterocycles. The van der Waals surface area contributed by atoms with Gasteiger partial charge in [-0.1, -0.05) is 25.5 Å². The van der Waals surface area contributed by atoms with E-state index in [4.69, 9.17) is 10.8 Å². The molecular weight excluding hydrogens is 258 g/mol. The number of hydrogen-bond acceptors (Lipinski definition) is 3. The van der Waals surface area contributed by atoms with Crippen LogP contribution in [0.1, 0.15) is 25.3 Å². The lowest BCUT2D eigenvalue weighted by atomic mass is 10.1. The standard InChI is InChI=1S/C14H21N3O3/c1-2-3-12(17-14(15)20)13(19)16-11-6-4-10(5-7-11)8-9-18/h4-7,12,18H,2-3,8-9H2,1H3,(H,16,19)(H3,15,17,20). The molecule has 0 radical (unpaired) electrons. The van der Waals surface area contributed by atoms with Crippen molar-refractivity contribution in [3.63, 3.8) is 0 Å². The Bertz CT molecular complexity index is 445. The molecule has 0 heterocycles. The predicted molar refractivity (Wildman–Crippen MR) is 77.3 cm³/mol. The van der Waals surface area contributed by atoms with Crippen molar-refractivity contribution >= 4 is 17.6 Å². The van der Waals surface area contributed by atoms with Crippen LogP contribution < -0.4 is 16.4 Å². The van der Waals surface area contributed by atoms with Crippen molar-refractivity contribution in [2.45, 2.75) is 32.2 Å². The number of amides is 3. The molecule has 1 atom stereocenters. The summed E-state index contributed by atoms with van der Waals surface area (Å²) in [4.78, 5) is 22.9. The molecule has 110 valence electrons. The smallest absolute Gasteiger partial charge is 0.312 e. The van der Waals surface area contributed by atoms with Crippen molar-refractivity contribution in [1.29, 1.82) is 0 Å². The van der Waals surface area contributed by atoms with Gasteiger partial charge in [0.05, 0.1) is 0 Å². The van der Waals surface area contributed by atoms with Crippen LogP contribution in [0.5, 0.6) is 0 Å². The zero-order chi connectivity index (χ0) is 15.0. The largest absolute Gasteiger partial charge is 0.396 e. The van der Waals surface area contributed by atoms with Crippen molar-refractivity contribution < 1.29 is 14.7 Å². The van der Waals surface area contributed by atoms with E-state index in [1.54, 1.807) is 12.1 Å². The third kappa shape index (κ3) is 5.27. The Morgan fingerprint density at radius 3 is 2.45 bits per heavy atom. The molecule has 20 heavy (non-hydrogen) atoms. The number of rotatable bonds is 7. The van der Waals surface area contributed by atoms with Gasteiger partial charge in [-0.05, 0) is 30.5 Å². The Balaban J connectivity index is 2.64. The lowest BCUT2D eigenvalue weighted by Gasteiger charge is -2.16. The van der Waals surface area contributed by atoms with E-state index in [1.807, 2.05) is 19.1 Å². The van der Waals surface area contributed by atoms with Gasteiger partial charge in [0.1, 0.15) is 6.04 Å². The Kier molecular flexibility index (Phi) is 6.52. The quantitative estimate of drug-likeness (QED) is 0.598. The van der Waals surface area contributed by atoms with Crippen molar-refractivity contribution in [1.82, 2.24) is 5.32 Å². The summed E-state index contributed by atoms with van der Waals surface area (Å²) in [5, 5.41) is 14.0. The number of urea groups is 1. The first-order valence-corrected chi connectivity index (χ1v) is 6.63. The van der Waals surface area contributed by atoms with E-state index < -0.39 is 12.1 Å². The van der Waals surface area contributed by atoms with Gasteiger partial charge < -0.3 is 21.5 Å². The van der Waals surface area contributed by atoms with Gasteiger partial charge in [-0.25, -0.2) is 4.79 Å². The third-order valence-electron chi connectivity index (χ3n) is 2.83. The number of nitrogens with two attached hydrogens (primary N) is 1. The highest BCUT2D eigenvalue weighted by molar-refractivity contribution is 5.96. The fourth-order valence-corrected chi connectivity index (χ4v) is 1.84. The first-order valence-electron chi connectivity index (χ1n) is 6.63. The number of benzene rings is 1. The van der Waals surface area contributed by atoms with Crippen LogP contribution in [0, 0.1) is 0 Å². The summed E-state index contributed by atoms with van der Waals surface area (Å²) in [6.07, 6.45) is 1.86. The van der Waals surface area contributed by atoms with E-state index in [2.05, 4.69) is 10.6 Å². The molecule has 1 aromatic carbocycles. The van der Waals surface area contributed by atoms with E-state index in [1.165, 1.54) is 0 Å². The molecule has 1 aromatic rings. The summed E-state index contributed by atoms with van der Waals surface area (Å²) in [5.41, 5.74) is 6.69. The number of anilines is 1. The Morgan fingerprint density at radius 2 is 1.95 bits per heavy atom. The topological polar surface area (TPSA) is 104 Å². The van der Waals surface area contributed by atoms with Gasteiger partial charge in [0.2, 0.25) is 5.91 Å². The Morgan fingerprint density at radius 1 is 1.30 bits per heavy atom. The lowest BCUT2D eigenvalue weighted by molar-refractivity contribution is -0.118. The second-order valence-electron chi connectivity index (χ2n) is 4.51. The van der Waals surface area contributed by atoms with Crippen molar-refractivity contribution in [3.05, 3.63) is 29.8 Å². The normalized spacial score (nSPS) is 11.7. The molecule has 0 aromatic heterocycles. The fraction of sp³-hybridized carbons (Fsp3) is 0.429. The van der Waals surface area contributed by atoms with Crippen LogP contribution in [0.25, 0.3) is 0 Å². The molecule has 0 bridgehead atoms. The molecule has 0 aliphatic carbocycles. The number of carbonyl (C=O) groups excluding carboxylic acids is 2. The first kappa shape index (κ1) is 16.0. The number of nitrogens with one attached hydrogen (secondary N) is 2. The molecule has 0 fully saturated rings. The molecular formula is C14H21N3O3. The van der Waals surface area contributed by atoms with E-state index >= 15 is 0 Å². The van der Waals surface area contributed by atoms with Gasteiger partial charge in [0, 0.05) is 12.3 Å². The number of aliphatic hydroxyl groups excluding tert-OH is 1. The van der Waals surface area contributed by atoms with Crippen molar-refractivity contribution in [2.24, 2.45) is 5.73 Å². The summed E-state index contributed by atoms with van der Waals surface area (Å²) in [7, 11) is 0. The van der Waals surface area contributed by atoms with Crippen LogP contribution in [0.3, 0.4) is 0 Å². The maximum absolute atomic E-state index is 12.0. The summed E-state index contributed by atoms with van der Waals surface area (Å²) in [5.74, 6) is -0.291. The molecule has 3 amide bonds. The number of aliphatic hydroxyl groups is 1. The average molecular weight is 279 g/mol. The maximum Gasteiger partial charge on any atom is 0.312 e. The molecule has 0 aliphatic rings. The minimum atomic E-state index is -0.711. The number of hydrogen-bond donors (Lipinski definition) is 4. The summed E-state index contributed by atoms with van der Waals surface area (Å²) < 4.78 is 0. The monoisotopic (exact) mass is 279 g/mol. The van der Waals surface area contributed by atoms with Crippen LogP contribution in [0.4, 0.5) is 10.5 Å². The molecule has 6 nitrogen and oxygen atoms in total. The SMILES string of the molecule is CCCC(NC(N)=O)C(=O)Nc1ccc(CCO)cc1. The fourth-order valence-electron chi connectivity index (χ4n) is 1.84. The lowest BCUT2D eigenvalue weighted by Crippen LogP contribution is -2.46. The second kappa shape index (κ2) is 8.16. The van der Waals surface area contributed by atoms with Gasteiger partial charge in [-0.2, -0.15) is 0 Å². The van der Waals surface area contributed by atoms with Crippen LogP contribution in [0.2, 0.25) is 0 Å². The number of carbonyl (C=O) groups is 2. The second-order valence-corrected chi connectivity index (χ2v) is 4.51. The molecule has 5 N–H and O–H groups in total. The summed E-state index contributed by atoms with van der Waals surface area (Å²) >= 11 is 0. The number of primary amides is 1. The van der Waals surface area contributed by atoms with E-state index in [0.717, 1.165) is 12.0 Å². The minimum absolute atomic E-state index is 0.0901. The maximum atomic E-state index is 12.0. The summed E-state index contributed by atoms with van der Waals surface area (Å²) in [6.45, 7) is 2.01. The predicted octanol–water partition coefficient (Wildman–Crippen LogP) is 0.997. The van der Waals surface area contributed by atoms with Gasteiger partial charge in [0.15, 0.2) is 0 Å². The van der Waals surface area contributed by atoms with E-state index in [9.17, 15) is 9.59 Å². The van der Waals surface area contributed by atoms with Crippen LogP contribution in [-0.4, -0.2) is 29.7 Å². The summed E-state index contributed by atoms with van der Waals surface area (Å²) in [6, 6.07) is 5.85. The van der Waals surface area contributed by atoms with E-state index in [-0.39, 0.29) is 12.5 Å².